The lowest BCUT2D eigenvalue weighted by molar-refractivity contribution is 0.0457. The summed E-state index contributed by atoms with van der Waals surface area (Å²) in [6.45, 7) is 5.41. The second-order valence-corrected chi connectivity index (χ2v) is 7.45. The maximum absolute atomic E-state index is 12.9. The van der Waals surface area contributed by atoms with Crippen molar-refractivity contribution in [1.29, 1.82) is 0 Å². The van der Waals surface area contributed by atoms with Crippen LogP contribution in [0, 0.1) is 5.82 Å². The quantitative estimate of drug-likeness (QED) is 0.534. The Balaban J connectivity index is 0.00000240. The first-order chi connectivity index (χ1) is 14.1. The smallest absolute Gasteiger partial charge is 0.162 e. The molecule has 1 saturated heterocycles. The molecule has 5 nitrogen and oxygen atoms in total. The van der Waals surface area contributed by atoms with Gasteiger partial charge in [0.1, 0.15) is 24.3 Å². The number of β-amino-alcohol motifs (C(OH)–C–C–N with tert-alkyl or cyclic N) is 1. The van der Waals surface area contributed by atoms with Crippen LogP contribution in [0.25, 0.3) is 0 Å². The summed E-state index contributed by atoms with van der Waals surface area (Å²) in [5.74, 6) is 0.507. The number of ether oxygens (including phenoxy) is 1. The van der Waals surface area contributed by atoms with Crippen molar-refractivity contribution in [2.24, 2.45) is 0 Å². The maximum Gasteiger partial charge on any atom is 0.162 e. The van der Waals surface area contributed by atoms with Crippen molar-refractivity contribution in [1.82, 2.24) is 9.80 Å². The summed E-state index contributed by atoms with van der Waals surface area (Å²) in [6, 6.07) is 15.3. The molecule has 8 heteroatoms. The average molecular weight is 473 g/mol. The molecule has 0 spiro atoms. The third kappa shape index (κ3) is 9.54. The monoisotopic (exact) mass is 472 g/mol. The number of aliphatic hydroxyl groups excluding tert-OH is 1. The number of carbonyl (C=O) groups is 1. The second kappa shape index (κ2) is 14.4. The SMILES string of the molecule is Cl.Cl.O=C(CCCN1CCN(CC(O)COc2ccccc2)CC1)c1ccc(F)cc1. The van der Waals surface area contributed by atoms with Crippen LogP contribution in [0.4, 0.5) is 4.39 Å². The lowest BCUT2D eigenvalue weighted by atomic mass is 10.1. The van der Waals surface area contributed by atoms with Gasteiger partial charge in [0, 0.05) is 44.7 Å². The fourth-order valence-corrected chi connectivity index (χ4v) is 3.50. The molecule has 31 heavy (non-hydrogen) atoms. The van der Waals surface area contributed by atoms with E-state index in [9.17, 15) is 14.3 Å². The van der Waals surface area contributed by atoms with Crippen molar-refractivity contribution in [3.8, 4) is 5.75 Å². The lowest BCUT2D eigenvalue weighted by Gasteiger charge is -2.35. The van der Waals surface area contributed by atoms with E-state index in [0.29, 0.717) is 18.5 Å². The molecular weight excluding hydrogens is 442 g/mol. The van der Waals surface area contributed by atoms with Crippen LogP contribution < -0.4 is 4.74 Å². The molecule has 2 aromatic rings. The molecule has 172 valence electrons. The number of hydrogen-bond acceptors (Lipinski definition) is 5. The zero-order valence-corrected chi connectivity index (χ0v) is 19.1. The Morgan fingerprint density at radius 2 is 1.58 bits per heavy atom. The van der Waals surface area contributed by atoms with Crippen LogP contribution >= 0.6 is 24.8 Å². The number of nitrogens with zero attached hydrogens (tertiary/aromatic N) is 2. The van der Waals surface area contributed by atoms with E-state index in [2.05, 4.69) is 9.80 Å². The molecule has 1 aliphatic rings. The number of ketones is 1. The largest absolute Gasteiger partial charge is 0.491 e. The zero-order chi connectivity index (χ0) is 20.5. The third-order valence-corrected chi connectivity index (χ3v) is 5.16. The Morgan fingerprint density at radius 1 is 0.968 bits per heavy atom. The minimum atomic E-state index is -0.518. The number of piperazine rings is 1. The van der Waals surface area contributed by atoms with Gasteiger partial charge in [0.05, 0.1) is 0 Å². The lowest BCUT2D eigenvalue weighted by Crippen LogP contribution is -2.49. The Hall–Kier alpha value is -1.70. The van der Waals surface area contributed by atoms with Crippen LogP contribution in [0.3, 0.4) is 0 Å². The summed E-state index contributed by atoms with van der Waals surface area (Å²) >= 11 is 0. The molecule has 2 aromatic carbocycles. The summed E-state index contributed by atoms with van der Waals surface area (Å²) in [6.07, 6.45) is 0.751. The van der Waals surface area contributed by atoms with Crippen LogP contribution in [0.2, 0.25) is 0 Å². The average Bonchev–Trinajstić information content (AvgIpc) is 2.75. The minimum Gasteiger partial charge on any atom is -0.491 e. The van der Waals surface area contributed by atoms with E-state index in [-0.39, 0.29) is 43.0 Å². The number of para-hydroxylation sites is 1. The Morgan fingerprint density at radius 3 is 2.23 bits per heavy atom. The highest BCUT2D eigenvalue weighted by Gasteiger charge is 2.19. The fraction of sp³-hybridized carbons (Fsp3) is 0.435. The van der Waals surface area contributed by atoms with Gasteiger partial charge < -0.3 is 14.7 Å². The van der Waals surface area contributed by atoms with Gasteiger partial charge in [-0.3, -0.25) is 9.69 Å². The Bertz CT molecular complexity index is 757. The summed E-state index contributed by atoms with van der Waals surface area (Å²) in [7, 11) is 0. The normalized spacial score (nSPS) is 15.4. The molecule has 1 unspecified atom stereocenters. The zero-order valence-electron chi connectivity index (χ0n) is 17.5. The molecule has 0 amide bonds. The van der Waals surface area contributed by atoms with Gasteiger partial charge in [0.25, 0.3) is 0 Å². The Kier molecular flexibility index (Phi) is 12.7. The van der Waals surface area contributed by atoms with Crippen LogP contribution in [0.5, 0.6) is 5.75 Å². The molecule has 0 saturated carbocycles. The summed E-state index contributed by atoms with van der Waals surface area (Å²) in [5, 5.41) is 10.2. The Labute approximate surface area is 196 Å². The number of halogens is 3. The molecule has 1 heterocycles. The van der Waals surface area contributed by atoms with Gasteiger partial charge in [-0.1, -0.05) is 18.2 Å². The number of Topliss-reactive ketones (excluding diaryl/α,β-unsaturated/α-hetero) is 1. The van der Waals surface area contributed by atoms with E-state index in [0.717, 1.165) is 44.9 Å². The van der Waals surface area contributed by atoms with Crippen molar-refractivity contribution in [3.63, 3.8) is 0 Å². The summed E-state index contributed by atoms with van der Waals surface area (Å²) < 4.78 is 18.5. The first kappa shape index (κ1) is 27.3. The van der Waals surface area contributed by atoms with E-state index in [4.69, 9.17) is 4.74 Å². The number of rotatable bonds is 10. The molecule has 1 fully saturated rings. The minimum absolute atomic E-state index is 0. The molecule has 0 aromatic heterocycles. The summed E-state index contributed by atoms with van der Waals surface area (Å²) in [4.78, 5) is 16.7. The molecule has 0 radical (unpaired) electrons. The van der Waals surface area contributed by atoms with Gasteiger partial charge in [-0.2, -0.15) is 0 Å². The highest BCUT2D eigenvalue weighted by molar-refractivity contribution is 5.95. The topological polar surface area (TPSA) is 53.0 Å². The van der Waals surface area contributed by atoms with Gasteiger partial charge in [0.15, 0.2) is 5.78 Å². The molecule has 1 N–H and O–H groups in total. The maximum atomic E-state index is 12.9. The molecule has 0 bridgehead atoms. The van der Waals surface area contributed by atoms with Gasteiger partial charge in [-0.25, -0.2) is 4.39 Å². The molecular formula is C23H31Cl2FN2O3. The molecule has 1 aliphatic heterocycles. The van der Waals surface area contributed by atoms with E-state index in [1.165, 1.54) is 12.1 Å². The number of benzene rings is 2. The van der Waals surface area contributed by atoms with Crippen molar-refractivity contribution in [2.75, 3.05) is 45.9 Å². The number of carbonyl (C=O) groups excluding carboxylic acids is 1. The van der Waals surface area contributed by atoms with Crippen molar-refractivity contribution >= 4 is 30.6 Å². The van der Waals surface area contributed by atoms with E-state index in [1.807, 2.05) is 30.3 Å². The van der Waals surface area contributed by atoms with Gasteiger partial charge in [-0.15, -0.1) is 24.8 Å². The fourth-order valence-electron chi connectivity index (χ4n) is 3.50. The van der Waals surface area contributed by atoms with E-state index >= 15 is 0 Å². The standard InChI is InChI=1S/C23H29FN2O3.2ClH/c24-20-10-8-19(9-11-20)23(28)7-4-12-25-13-15-26(16-14-25)17-21(27)18-29-22-5-2-1-3-6-22;;/h1-3,5-6,8-11,21,27H,4,7,12-18H2;2*1H. The van der Waals surface area contributed by atoms with E-state index in [1.54, 1.807) is 12.1 Å². The van der Waals surface area contributed by atoms with Crippen molar-refractivity contribution in [2.45, 2.75) is 18.9 Å². The molecule has 3 rings (SSSR count). The third-order valence-electron chi connectivity index (χ3n) is 5.16. The van der Waals surface area contributed by atoms with Crippen LogP contribution in [0.15, 0.2) is 54.6 Å². The van der Waals surface area contributed by atoms with Crippen molar-refractivity contribution in [3.05, 3.63) is 66.0 Å². The van der Waals surface area contributed by atoms with Gasteiger partial charge in [0.2, 0.25) is 0 Å². The van der Waals surface area contributed by atoms with E-state index < -0.39 is 6.10 Å². The second-order valence-electron chi connectivity index (χ2n) is 7.45. The number of aliphatic hydroxyl groups is 1. The van der Waals surface area contributed by atoms with Crippen LogP contribution in [-0.2, 0) is 0 Å². The predicted molar refractivity (Wildman–Crippen MR) is 125 cm³/mol. The predicted octanol–water partition coefficient (Wildman–Crippen LogP) is 3.69. The van der Waals surface area contributed by atoms with Crippen molar-refractivity contribution < 1.29 is 19.0 Å². The first-order valence-electron chi connectivity index (χ1n) is 10.2. The highest BCUT2D eigenvalue weighted by atomic mass is 35.5. The molecule has 0 aliphatic carbocycles. The van der Waals surface area contributed by atoms with Crippen LogP contribution in [-0.4, -0.2) is 72.7 Å². The number of hydrogen-bond donors (Lipinski definition) is 1. The van der Waals surface area contributed by atoms with Gasteiger partial charge >= 0.3 is 0 Å². The molecule has 1 atom stereocenters. The highest BCUT2D eigenvalue weighted by Crippen LogP contribution is 2.11. The van der Waals surface area contributed by atoms with Gasteiger partial charge in [-0.05, 0) is 49.4 Å². The summed E-state index contributed by atoms with van der Waals surface area (Å²) in [5.41, 5.74) is 0.572. The van der Waals surface area contributed by atoms with Crippen LogP contribution in [0.1, 0.15) is 23.2 Å². The first-order valence-corrected chi connectivity index (χ1v) is 10.2.